The molecule has 1 amide bonds. The van der Waals surface area contributed by atoms with Gasteiger partial charge in [0.15, 0.2) is 0 Å². The van der Waals surface area contributed by atoms with E-state index in [9.17, 15) is 4.79 Å². The number of hydrogen-bond acceptors (Lipinski definition) is 7. The smallest absolute Gasteiger partial charge is 0.247 e. The highest BCUT2D eigenvalue weighted by atomic mass is 16.5. The molecular weight excluding hydrogens is 394 g/mol. The highest BCUT2D eigenvalue weighted by molar-refractivity contribution is 5.98. The Morgan fingerprint density at radius 2 is 2.10 bits per heavy atom. The number of carbonyl (C=O) groups excluding carboxylic acids is 1. The molecule has 5 rings (SSSR count). The molecule has 1 fully saturated rings. The Bertz CT molecular complexity index is 1220. The van der Waals surface area contributed by atoms with Gasteiger partial charge in [-0.1, -0.05) is 0 Å². The van der Waals surface area contributed by atoms with Crippen molar-refractivity contribution in [3.8, 4) is 11.3 Å². The molecule has 1 saturated heterocycles. The third kappa shape index (κ3) is 3.85. The zero-order valence-corrected chi connectivity index (χ0v) is 17.5. The summed E-state index contributed by atoms with van der Waals surface area (Å²) in [5, 5.41) is 3.66. The molecule has 3 aromatic rings. The Balaban J connectivity index is 1.38. The van der Waals surface area contributed by atoms with Gasteiger partial charge in [0.05, 0.1) is 26.5 Å². The van der Waals surface area contributed by atoms with E-state index in [0.29, 0.717) is 24.5 Å². The summed E-state index contributed by atoms with van der Waals surface area (Å²) in [7, 11) is 0. The molecule has 0 aliphatic carbocycles. The number of allylic oxidation sites excluding steroid dienone is 1. The molecule has 2 aliphatic heterocycles. The number of aromatic amines is 1. The third-order valence-corrected chi connectivity index (χ3v) is 5.66. The number of rotatable bonds is 4. The van der Waals surface area contributed by atoms with E-state index in [1.54, 1.807) is 19.3 Å². The van der Waals surface area contributed by atoms with Gasteiger partial charge in [-0.3, -0.25) is 4.79 Å². The molecule has 0 spiro atoms. The van der Waals surface area contributed by atoms with Gasteiger partial charge in [-0.25, -0.2) is 15.4 Å². The Labute approximate surface area is 181 Å². The zero-order valence-electron chi connectivity index (χ0n) is 18.5. The quantitative estimate of drug-likeness (QED) is 0.512. The van der Waals surface area contributed by atoms with E-state index in [1.807, 2.05) is 25.1 Å². The predicted octanol–water partition coefficient (Wildman–Crippen LogP) is 2.17. The second kappa shape index (κ2) is 8.01. The standard InChI is InChI=1S/C22H25N7O2/c1-13-14(2)27-28-20(13)22(30)25-17-9-16-10-18(26-21(16)24-12-17)15-3-4-23-19(11-15)29-5-7-31-8-6-29/h3-4,9-12,20,27-28H,5-8H2,1-2H3,(H,24,26)(H,25,30)/i20D. The number of hydrazine groups is 1. The van der Waals surface area contributed by atoms with Crippen LogP contribution in [0.25, 0.3) is 22.3 Å². The molecule has 31 heavy (non-hydrogen) atoms. The summed E-state index contributed by atoms with van der Waals surface area (Å²) in [6, 6.07) is 6.30. The van der Waals surface area contributed by atoms with E-state index in [-0.39, 0.29) is 0 Å². The molecule has 0 radical (unpaired) electrons. The number of nitrogens with zero attached hydrogens (tertiary/aromatic N) is 3. The minimum atomic E-state index is -1.56. The Morgan fingerprint density at radius 1 is 1.26 bits per heavy atom. The van der Waals surface area contributed by atoms with E-state index >= 15 is 0 Å². The highest BCUT2D eigenvalue weighted by Gasteiger charge is 2.26. The van der Waals surface area contributed by atoms with Gasteiger partial charge in [0.1, 0.15) is 17.5 Å². The summed E-state index contributed by atoms with van der Waals surface area (Å²) in [4.78, 5) is 27.3. The van der Waals surface area contributed by atoms with Crippen molar-refractivity contribution in [3.05, 3.63) is 47.9 Å². The lowest BCUT2D eigenvalue weighted by Crippen LogP contribution is -2.41. The van der Waals surface area contributed by atoms with E-state index in [1.165, 1.54) is 0 Å². The predicted molar refractivity (Wildman–Crippen MR) is 119 cm³/mol. The summed E-state index contributed by atoms with van der Waals surface area (Å²) < 4.78 is 13.9. The van der Waals surface area contributed by atoms with Crippen LogP contribution in [0.3, 0.4) is 0 Å². The summed E-state index contributed by atoms with van der Waals surface area (Å²) in [5.41, 5.74) is 10.2. The largest absolute Gasteiger partial charge is 0.378 e. The third-order valence-electron chi connectivity index (χ3n) is 5.66. The summed E-state index contributed by atoms with van der Waals surface area (Å²) in [5.74, 6) is 0.447. The number of carbonyl (C=O) groups is 1. The monoisotopic (exact) mass is 420 g/mol. The van der Waals surface area contributed by atoms with Crippen LogP contribution in [-0.4, -0.2) is 53.2 Å². The van der Waals surface area contributed by atoms with Crippen LogP contribution in [0.2, 0.25) is 0 Å². The maximum atomic E-state index is 12.8. The number of nitrogens with one attached hydrogen (secondary N) is 4. The average molecular weight is 420 g/mol. The number of hydrogen-bond donors (Lipinski definition) is 4. The van der Waals surface area contributed by atoms with Crippen LogP contribution in [0.1, 0.15) is 15.2 Å². The van der Waals surface area contributed by atoms with E-state index in [4.69, 9.17) is 6.11 Å². The topological polar surface area (TPSA) is 107 Å². The number of aromatic nitrogens is 3. The number of ether oxygens (including phenoxy) is 1. The molecule has 0 saturated carbocycles. The maximum Gasteiger partial charge on any atom is 0.247 e. The van der Waals surface area contributed by atoms with Crippen molar-refractivity contribution in [2.75, 3.05) is 36.5 Å². The van der Waals surface area contributed by atoms with Crippen LogP contribution in [0.4, 0.5) is 11.5 Å². The lowest BCUT2D eigenvalue weighted by Gasteiger charge is -2.27. The fraction of sp³-hybridized carbons (Fsp3) is 0.318. The van der Waals surface area contributed by atoms with E-state index in [2.05, 4.69) is 42.1 Å². The maximum absolute atomic E-state index is 12.8. The van der Waals surface area contributed by atoms with Crippen molar-refractivity contribution in [3.63, 3.8) is 0 Å². The Kier molecular flexibility index (Phi) is 4.74. The molecular formula is C22H25N7O2. The average Bonchev–Trinajstić information content (AvgIpc) is 3.36. The first kappa shape index (κ1) is 18.3. The molecule has 1 atom stereocenters. The van der Waals surface area contributed by atoms with Crippen molar-refractivity contribution in [1.82, 2.24) is 25.8 Å². The second-order valence-corrected chi connectivity index (χ2v) is 7.68. The van der Waals surface area contributed by atoms with Gasteiger partial charge >= 0.3 is 0 Å². The first-order valence-corrected chi connectivity index (χ1v) is 10.2. The molecule has 2 aliphatic rings. The lowest BCUT2D eigenvalue weighted by molar-refractivity contribution is -0.117. The highest BCUT2D eigenvalue weighted by Crippen LogP contribution is 2.27. The van der Waals surface area contributed by atoms with Crippen LogP contribution in [0.15, 0.2) is 47.9 Å². The minimum absolute atomic E-state index is 0.472. The number of fused-ring (bicyclic) bond motifs is 1. The zero-order chi connectivity index (χ0) is 22.3. The normalized spacial score (nSPS) is 21.9. The van der Waals surface area contributed by atoms with Crippen LogP contribution < -0.4 is 21.1 Å². The molecule has 1 unspecified atom stereocenters. The van der Waals surface area contributed by atoms with Crippen molar-refractivity contribution in [2.24, 2.45) is 0 Å². The van der Waals surface area contributed by atoms with Crippen LogP contribution in [0, 0.1) is 0 Å². The van der Waals surface area contributed by atoms with Gasteiger partial charge in [0, 0.05) is 41.6 Å². The molecule has 160 valence electrons. The molecule has 3 aromatic heterocycles. The van der Waals surface area contributed by atoms with Crippen LogP contribution in [0.5, 0.6) is 0 Å². The number of pyridine rings is 2. The molecule has 4 N–H and O–H groups in total. The number of morpholine rings is 1. The van der Waals surface area contributed by atoms with Crippen molar-refractivity contribution < 1.29 is 10.9 Å². The molecule has 0 aromatic carbocycles. The number of anilines is 2. The fourth-order valence-corrected chi connectivity index (χ4v) is 3.74. The number of amides is 1. The molecule has 0 bridgehead atoms. The first-order valence-electron chi connectivity index (χ1n) is 10.7. The van der Waals surface area contributed by atoms with Crippen molar-refractivity contribution in [1.29, 1.82) is 0 Å². The van der Waals surface area contributed by atoms with Crippen molar-refractivity contribution in [2.45, 2.75) is 19.9 Å². The second-order valence-electron chi connectivity index (χ2n) is 7.68. The molecule has 5 heterocycles. The van der Waals surface area contributed by atoms with Gasteiger partial charge in [-0.2, -0.15) is 0 Å². The number of H-pyrrole nitrogens is 1. The van der Waals surface area contributed by atoms with Crippen molar-refractivity contribution >= 4 is 28.4 Å². The van der Waals surface area contributed by atoms with Gasteiger partial charge in [0.25, 0.3) is 0 Å². The Morgan fingerprint density at radius 3 is 2.87 bits per heavy atom. The van der Waals surface area contributed by atoms with Gasteiger partial charge < -0.3 is 25.4 Å². The van der Waals surface area contributed by atoms with Crippen LogP contribution >= 0.6 is 0 Å². The minimum Gasteiger partial charge on any atom is -0.378 e. The van der Waals surface area contributed by atoms with E-state index < -0.39 is 11.9 Å². The summed E-state index contributed by atoms with van der Waals surface area (Å²) in [6.45, 7) is 6.64. The molecule has 9 nitrogen and oxygen atoms in total. The Hall–Kier alpha value is -3.43. The van der Waals surface area contributed by atoms with Gasteiger partial charge in [0.2, 0.25) is 5.91 Å². The summed E-state index contributed by atoms with van der Waals surface area (Å²) >= 11 is 0. The molecule has 9 heteroatoms. The lowest BCUT2D eigenvalue weighted by atomic mass is 10.1. The fourth-order valence-electron chi connectivity index (χ4n) is 3.74. The summed E-state index contributed by atoms with van der Waals surface area (Å²) in [6.07, 6.45) is 3.39. The van der Waals surface area contributed by atoms with Crippen LogP contribution in [-0.2, 0) is 9.53 Å². The van der Waals surface area contributed by atoms with Gasteiger partial charge in [-0.15, -0.1) is 0 Å². The van der Waals surface area contributed by atoms with E-state index in [0.717, 1.165) is 46.9 Å². The SMILES string of the molecule is [2H]C1(C(=O)Nc2cnc3[nH]c(-c4ccnc(N5CCOCC5)c4)cc3c2)NNC(C)=C1C. The first-order chi connectivity index (χ1) is 15.4. The van der Waals surface area contributed by atoms with Gasteiger partial charge in [-0.05, 0) is 43.7 Å².